The molecular weight excluding hydrogens is 308 g/mol. The summed E-state index contributed by atoms with van der Waals surface area (Å²) in [5.41, 5.74) is 0.866. The van der Waals surface area contributed by atoms with Crippen molar-refractivity contribution in [3.63, 3.8) is 0 Å². The van der Waals surface area contributed by atoms with Gasteiger partial charge >= 0.3 is 5.97 Å². The van der Waals surface area contributed by atoms with Crippen LogP contribution < -0.4 is 4.74 Å². The summed E-state index contributed by atoms with van der Waals surface area (Å²) in [5.74, 6) is 0.152. The van der Waals surface area contributed by atoms with E-state index in [1.165, 1.54) is 6.42 Å². The van der Waals surface area contributed by atoms with Crippen LogP contribution in [0, 0.1) is 0 Å². The predicted molar refractivity (Wildman–Crippen MR) is 75.6 cm³/mol. The Kier molecular flexibility index (Phi) is 3.29. The average Bonchev–Trinajstić information content (AvgIpc) is 3.05. The summed E-state index contributed by atoms with van der Waals surface area (Å²) in [4.78, 5) is 11.1. The minimum Gasteiger partial charge on any atom is -0.490 e. The molecule has 102 valence electrons. The first-order valence-electron chi connectivity index (χ1n) is 6.78. The van der Waals surface area contributed by atoms with Crippen LogP contribution in [0.5, 0.6) is 5.75 Å². The molecule has 3 nitrogen and oxygen atoms in total. The molecule has 0 saturated heterocycles. The van der Waals surface area contributed by atoms with Crippen LogP contribution in [0.4, 0.5) is 0 Å². The molecule has 0 aromatic heterocycles. The molecule has 0 amide bonds. The lowest BCUT2D eigenvalue weighted by molar-refractivity contribution is -0.137. The summed E-state index contributed by atoms with van der Waals surface area (Å²) in [6, 6.07) is 5.97. The van der Waals surface area contributed by atoms with Crippen LogP contribution >= 0.6 is 15.9 Å². The van der Waals surface area contributed by atoms with E-state index in [1.54, 1.807) is 0 Å². The Morgan fingerprint density at radius 2 is 2.16 bits per heavy atom. The minimum absolute atomic E-state index is 0.199. The molecule has 4 heteroatoms. The second-order valence-corrected chi connectivity index (χ2v) is 6.58. The second-order valence-electron chi connectivity index (χ2n) is 5.66. The van der Waals surface area contributed by atoms with E-state index < -0.39 is 5.97 Å². The summed E-state index contributed by atoms with van der Waals surface area (Å²) >= 11 is 3.48. The fourth-order valence-electron chi connectivity index (χ4n) is 2.67. The first kappa shape index (κ1) is 13.0. The Morgan fingerprint density at radius 1 is 1.42 bits per heavy atom. The van der Waals surface area contributed by atoms with Crippen LogP contribution in [0.2, 0.25) is 0 Å². The first-order chi connectivity index (χ1) is 9.09. The number of hydrogen-bond acceptors (Lipinski definition) is 2. The van der Waals surface area contributed by atoms with E-state index in [9.17, 15) is 4.79 Å². The van der Waals surface area contributed by atoms with Crippen LogP contribution in [0.3, 0.4) is 0 Å². The first-order valence-corrected chi connectivity index (χ1v) is 7.57. The lowest BCUT2D eigenvalue weighted by Crippen LogP contribution is -2.26. The molecule has 0 unspecified atom stereocenters. The quantitative estimate of drug-likeness (QED) is 0.893. The zero-order chi connectivity index (χ0) is 13.5. The van der Waals surface area contributed by atoms with E-state index in [1.807, 2.05) is 18.2 Å². The maximum atomic E-state index is 11.1. The zero-order valence-corrected chi connectivity index (χ0v) is 12.3. The standard InChI is InChI=1S/C15H17BrO3/c16-10-4-5-13(19-11-2-1-3-11)12(8-10)15(6-7-15)9-14(17)18/h4-5,8,11H,1-3,6-7,9H2,(H,17,18). The Balaban J connectivity index is 1.89. The summed E-state index contributed by atoms with van der Waals surface area (Å²) in [7, 11) is 0. The molecule has 2 aliphatic carbocycles. The highest BCUT2D eigenvalue weighted by Crippen LogP contribution is 2.54. The van der Waals surface area contributed by atoms with Crippen LogP contribution in [-0.2, 0) is 10.2 Å². The van der Waals surface area contributed by atoms with Gasteiger partial charge in [0, 0.05) is 15.5 Å². The molecule has 19 heavy (non-hydrogen) atoms. The molecule has 0 atom stereocenters. The van der Waals surface area contributed by atoms with Gasteiger partial charge < -0.3 is 9.84 Å². The van der Waals surface area contributed by atoms with E-state index >= 15 is 0 Å². The highest BCUT2D eigenvalue weighted by molar-refractivity contribution is 9.10. The fraction of sp³-hybridized carbons (Fsp3) is 0.533. The van der Waals surface area contributed by atoms with Crippen LogP contribution in [-0.4, -0.2) is 17.2 Å². The summed E-state index contributed by atoms with van der Waals surface area (Å²) in [6.45, 7) is 0. The lowest BCUT2D eigenvalue weighted by Gasteiger charge is -2.29. The van der Waals surface area contributed by atoms with E-state index in [2.05, 4.69) is 15.9 Å². The Hall–Kier alpha value is -1.03. The molecular formula is C15H17BrO3. The van der Waals surface area contributed by atoms with Gasteiger partial charge in [0.15, 0.2) is 0 Å². The summed E-state index contributed by atoms with van der Waals surface area (Å²) in [5, 5.41) is 9.10. The number of carbonyl (C=O) groups is 1. The van der Waals surface area contributed by atoms with Crippen molar-refractivity contribution in [2.75, 3.05) is 0 Å². The van der Waals surface area contributed by atoms with Gasteiger partial charge in [-0.25, -0.2) is 0 Å². The van der Waals surface area contributed by atoms with Crippen molar-refractivity contribution in [1.29, 1.82) is 0 Å². The average molecular weight is 325 g/mol. The maximum absolute atomic E-state index is 11.1. The maximum Gasteiger partial charge on any atom is 0.304 e. The molecule has 1 aromatic rings. The Morgan fingerprint density at radius 3 is 2.68 bits per heavy atom. The van der Waals surface area contributed by atoms with E-state index in [0.717, 1.165) is 41.5 Å². The number of benzene rings is 1. The van der Waals surface area contributed by atoms with Crippen LogP contribution in [0.25, 0.3) is 0 Å². The fourth-order valence-corrected chi connectivity index (χ4v) is 3.03. The molecule has 3 rings (SSSR count). The molecule has 0 spiro atoms. The van der Waals surface area contributed by atoms with Gasteiger partial charge in [0.1, 0.15) is 5.75 Å². The topological polar surface area (TPSA) is 46.5 Å². The summed E-state index contributed by atoms with van der Waals surface area (Å²) < 4.78 is 7.02. The third-order valence-electron chi connectivity index (χ3n) is 4.20. The number of ether oxygens (including phenoxy) is 1. The molecule has 0 aliphatic heterocycles. The number of aliphatic carboxylic acids is 1. The number of hydrogen-bond donors (Lipinski definition) is 1. The van der Waals surface area contributed by atoms with Gasteiger partial charge in [-0.1, -0.05) is 15.9 Å². The van der Waals surface area contributed by atoms with Crippen molar-refractivity contribution < 1.29 is 14.6 Å². The largest absolute Gasteiger partial charge is 0.490 e. The highest BCUT2D eigenvalue weighted by Gasteiger charge is 2.48. The van der Waals surface area contributed by atoms with Gasteiger partial charge in [0.25, 0.3) is 0 Å². The second kappa shape index (κ2) is 4.82. The molecule has 2 aliphatic rings. The predicted octanol–water partition coefficient (Wildman–Crippen LogP) is 3.89. The summed E-state index contributed by atoms with van der Waals surface area (Å²) in [6.07, 6.45) is 5.86. The van der Waals surface area contributed by atoms with Crippen molar-refractivity contribution in [3.05, 3.63) is 28.2 Å². The van der Waals surface area contributed by atoms with Gasteiger partial charge in [0.05, 0.1) is 12.5 Å². The van der Waals surface area contributed by atoms with Gasteiger partial charge in [-0.05, 0) is 50.3 Å². The molecule has 1 N–H and O–H groups in total. The van der Waals surface area contributed by atoms with Gasteiger partial charge in [0.2, 0.25) is 0 Å². The lowest BCUT2D eigenvalue weighted by atomic mass is 9.91. The van der Waals surface area contributed by atoms with Crippen LogP contribution in [0.15, 0.2) is 22.7 Å². The Bertz CT molecular complexity index is 504. The number of rotatable bonds is 5. The van der Waals surface area contributed by atoms with Gasteiger partial charge in [-0.3, -0.25) is 4.79 Å². The van der Waals surface area contributed by atoms with E-state index in [4.69, 9.17) is 9.84 Å². The molecule has 0 radical (unpaired) electrons. The third kappa shape index (κ3) is 2.64. The molecule has 0 heterocycles. The highest BCUT2D eigenvalue weighted by atomic mass is 79.9. The van der Waals surface area contributed by atoms with Crippen molar-refractivity contribution in [2.24, 2.45) is 0 Å². The SMILES string of the molecule is O=C(O)CC1(c2cc(Br)ccc2OC2CCC2)CC1. The monoisotopic (exact) mass is 324 g/mol. The normalized spacial score (nSPS) is 20.7. The molecule has 1 aromatic carbocycles. The van der Waals surface area contributed by atoms with Crippen molar-refractivity contribution in [1.82, 2.24) is 0 Å². The molecule has 2 saturated carbocycles. The van der Waals surface area contributed by atoms with E-state index in [-0.39, 0.29) is 11.8 Å². The van der Waals surface area contributed by atoms with E-state index in [0.29, 0.717) is 6.10 Å². The molecule has 0 bridgehead atoms. The minimum atomic E-state index is -0.730. The molecule has 2 fully saturated rings. The number of carboxylic acids is 1. The van der Waals surface area contributed by atoms with Gasteiger partial charge in [-0.15, -0.1) is 0 Å². The van der Waals surface area contributed by atoms with Crippen LogP contribution in [0.1, 0.15) is 44.1 Å². The van der Waals surface area contributed by atoms with Crippen molar-refractivity contribution in [3.8, 4) is 5.75 Å². The zero-order valence-electron chi connectivity index (χ0n) is 10.7. The smallest absolute Gasteiger partial charge is 0.304 e. The third-order valence-corrected chi connectivity index (χ3v) is 4.70. The van der Waals surface area contributed by atoms with Crippen molar-refractivity contribution >= 4 is 21.9 Å². The number of carboxylic acid groups (broad SMARTS) is 1. The number of halogens is 1. The van der Waals surface area contributed by atoms with Gasteiger partial charge in [-0.2, -0.15) is 0 Å². The Labute approximate surface area is 121 Å². The van der Waals surface area contributed by atoms with Crippen molar-refractivity contribution in [2.45, 2.75) is 50.0 Å².